The third-order valence-corrected chi connectivity index (χ3v) is 10.3. The molecule has 0 radical (unpaired) electrons. The minimum Gasteiger partial charge on any atom is -0.465 e. The van der Waals surface area contributed by atoms with Gasteiger partial charge >= 0.3 is 5.97 Å². The zero-order valence-electron chi connectivity index (χ0n) is 23.6. The monoisotopic (exact) mass is 589 g/mol. The van der Waals surface area contributed by atoms with Crippen molar-refractivity contribution >= 4 is 49.1 Å². The van der Waals surface area contributed by atoms with Crippen molar-refractivity contribution in [2.45, 2.75) is 37.8 Å². The van der Waals surface area contributed by atoms with E-state index in [0.717, 1.165) is 32.8 Å². The van der Waals surface area contributed by atoms with Gasteiger partial charge in [0, 0.05) is 35.2 Å². The van der Waals surface area contributed by atoms with E-state index < -0.39 is 22.0 Å². The highest BCUT2D eigenvalue weighted by Crippen LogP contribution is 2.36. The number of esters is 1. The van der Waals surface area contributed by atoms with Crippen LogP contribution >= 0.6 is 0 Å². The molecule has 1 heterocycles. The Labute approximate surface area is 248 Å². The summed E-state index contributed by atoms with van der Waals surface area (Å²) in [6, 6.07) is 23.8. The van der Waals surface area contributed by atoms with Crippen LogP contribution in [0.2, 0.25) is 0 Å². The molecule has 0 spiro atoms. The van der Waals surface area contributed by atoms with Crippen molar-refractivity contribution in [2.24, 2.45) is 0 Å². The molecule has 43 heavy (non-hydrogen) atoms. The molecule has 0 amide bonds. The van der Waals surface area contributed by atoms with E-state index in [1.165, 1.54) is 4.31 Å². The minimum absolute atomic E-state index is 0.0379. The SMILES string of the molecule is CCOC(=O)C1Cc2cc3cc4c(cc3cc2CN1S(=O)(=O)c1ccc(C)cc1)C(=O)c1cc2ccccc2cc1C4=O. The van der Waals surface area contributed by atoms with E-state index in [1.54, 1.807) is 55.5 Å². The normalized spacial score (nSPS) is 16.6. The number of fused-ring (bicyclic) bond motifs is 5. The Morgan fingerprint density at radius 2 is 1.28 bits per heavy atom. The molecule has 5 aromatic carbocycles. The van der Waals surface area contributed by atoms with E-state index in [0.29, 0.717) is 27.6 Å². The van der Waals surface area contributed by atoms with E-state index >= 15 is 0 Å². The van der Waals surface area contributed by atoms with Crippen LogP contribution in [0, 0.1) is 6.92 Å². The second kappa shape index (κ2) is 9.97. The van der Waals surface area contributed by atoms with Gasteiger partial charge in [0.1, 0.15) is 6.04 Å². The summed E-state index contributed by atoms with van der Waals surface area (Å²) in [4.78, 5) is 40.5. The summed E-state index contributed by atoms with van der Waals surface area (Å²) in [6.07, 6.45) is 0.119. The Bertz CT molecular complexity index is 2130. The molecule has 0 saturated carbocycles. The average Bonchev–Trinajstić information content (AvgIpc) is 3.01. The van der Waals surface area contributed by atoms with Crippen LogP contribution in [0.4, 0.5) is 0 Å². The number of carbonyl (C=O) groups excluding carboxylic acids is 3. The van der Waals surface area contributed by atoms with E-state index in [-0.39, 0.29) is 36.0 Å². The molecule has 0 N–H and O–H groups in total. The lowest BCUT2D eigenvalue weighted by atomic mass is 9.81. The van der Waals surface area contributed by atoms with Gasteiger partial charge in [-0.15, -0.1) is 0 Å². The average molecular weight is 590 g/mol. The van der Waals surface area contributed by atoms with Gasteiger partial charge in [-0.1, -0.05) is 48.0 Å². The summed E-state index contributed by atoms with van der Waals surface area (Å²) in [7, 11) is -4.04. The first-order valence-corrected chi connectivity index (χ1v) is 15.6. The second-order valence-electron chi connectivity index (χ2n) is 11.1. The highest BCUT2D eigenvalue weighted by Gasteiger charge is 2.41. The molecule has 1 atom stereocenters. The van der Waals surface area contributed by atoms with Gasteiger partial charge < -0.3 is 4.74 Å². The highest BCUT2D eigenvalue weighted by atomic mass is 32.2. The van der Waals surface area contributed by atoms with Crippen LogP contribution in [-0.4, -0.2) is 42.9 Å². The summed E-state index contributed by atoms with van der Waals surface area (Å²) in [5, 5.41) is 3.22. The number of carbonyl (C=O) groups is 3. The van der Waals surface area contributed by atoms with Gasteiger partial charge in [-0.3, -0.25) is 14.4 Å². The van der Waals surface area contributed by atoms with Crippen LogP contribution < -0.4 is 0 Å². The molecule has 7 nitrogen and oxygen atoms in total. The first-order chi connectivity index (χ1) is 20.7. The Morgan fingerprint density at radius 3 is 1.81 bits per heavy atom. The zero-order valence-corrected chi connectivity index (χ0v) is 24.4. The number of rotatable bonds is 4. The van der Waals surface area contributed by atoms with Gasteiger partial charge in [0.15, 0.2) is 11.6 Å². The predicted octanol–water partition coefficient (Wildman–Crippen LogP) is 5.76. The van der Waals surface area contributed by atoms with Gasteiger partial charge in [-0.05, 0) is 89.0 Å². The van der Waals surface area contributed by atoms with Gasteiger partial charge in [-0.2, -0.15) is 4.31 Å². The fourth-order valence-corrected chi connectivity index (χ4v) is 7.74. The first-order valence-electron chi connectivity index (χ1n) is 14.1. The minimum atomic E-state index is -4.04. The summed E-state index contributed by atoms with van der Waals surface area (Å²) >= 11 is 0. The number of nitrogens with zero attached hydrogens (tertiary/aromatic N) is 1. The maximum absolute atomic E-state index is 13.8. The standard InChI is InChI=1S/C35H27NO6S/c1-3-42-35(39)32-18-25-12-23-16-30-31(34(38)29-15-22-7-5-4-6-21(22)14-28(29)33(30)37)17-24(23)13-26(25)19-36(32)43(40,41)27-10-8-20(2)9-11-27/h4-17,32H,3,18-19H2,1-2H3. The number of aryl methyl sites for hydroxylation is 1. The molecule has 1 unspecified atom stereocenters. The van der Waals surface area contributed by atoms with E-state index in [4.69, 9.17) is 4.74 Å². The first kappa shape index (κ1) is 27.2. The molecule has 0 saturated heterocycles. The van der Waals surface area contributed by atoms with Crippen molar-refractivity contribution in [3.63, 3.8) is 0 Å². The molecule has 8 heteroatoms. The van der Waals surface area contributed by atoms with Crippen LogP contribution in [0.5, 0.6) is 0 Å². The van der Waals surface area contributed by atoms with Crippen LogP contribution in [0.1, 0.15) is 55.5 Å². The van der Waals surface area contributed by atoms with Crippen molar-refractivity contribution in [1.82, 2.24) is 4.31 Å². The number of benzene rings is 5. The Morgan fingerprint density at radius 1 is 0.767 bits per heavy atom. The predicted molar refractivity (Wildman–Crippen MR) is 163 cm³/mol. The number of hydrogen-bond donors (Lipinski definition) is 0. The lowest BCUT2D eigenvalue weighted by molar-refractivity contribution is -0.148. The quantitative estimate of drug-likeness (QED) is 0.243. The highest BCUT2D eigenvalue weighted by molar-refractivity contribution is 7.89. The summed E-state index contributed by atoms with van der Waals surface area (Å²) in [6.45, 7) is 3.64. The van der Waals surface area contributed by atoms with Crippen molar-refractivity contribution in [1.29, 1.82) is 0 Å². The Hall–Kier alpha value is -4.66. The number of ketones is 2. The Kier molecular flexibility index (Phi) is 6.30. The van der Waals surface area contributed by atoms with Gasteiger partial charge in [0.2, 0.25) is 10.0 Å². The molecule has 0 aromatic heterocycles. The molecule has 0 fully saturated rings. The molecule has 5 aromatic rings. The second-order valence-corrected chi connectivity index (χ2v) is 13.0. The summed E-state index contributed by atoms with van der Waals surface area (Å²) < 4.78 is 34.1. The molecule has 2 aliphatic rings. The van der Waals surface area contributed by atoms with Gasteiger partial charge in [0.25, 0.3) is 0 Å². The molecular weight excluding hydrogens is 562 g/mol. The largest absolute Gasteiger partial charge is 0.465 e. The van der Waals surface area contributed by atoms with Crippen molar-refractivity contribution < 1.29 is 27.5 Å². The fraction of sp³-hybridized carbons (Fsp3) is 0.171. The molecular formula is C35H27NO6S. The van der Waals surface area contributed by atoms with Gasteiger partial charge in [0.05, 0.1) is 11.5 Å². The van der Waals surface area contributed by atoms with Crippen LogP contribution in [-0.2, 0) is 32.5 Å². The molecule has 214 valence electrons. The maximum Gasteiger partial charge on any atom is 0.324 e. The zero-order chi connectivity index (χ0) is 30.0. The third-order valence-electron chi connectivity index (χ3n) is 8.43. The smallest absolute Gasteiger partial charge is 0.324 e. The van der Waals surface area contributed by atoms with Crippen molar-refractivity contribution in [3.8, 4) is 0 Å². The van der Waals surface area contributed by atoms with E-state index in [1.807, 2.05) is 43.3 Å². The Balaban J connectivity index is 1.34. The van der Waals surface area contributed by atoms with Crippen LogP contribution in [0.25, 0.3) is 21.5 Å². The lowest BCUT2D eigenvalue weighted by Crippen LogP contribution is -2.49. The molecule has 0 bridgehead atoms. The van der Waals surface area contributed by atoms with Crippen LogP contribution in [0.3, 0.4) is 0 Å². The fourth-order valence-electron chi connectivity index (χ4n) is 6.19. The van der Waals surface area contributed by atoms with Crippen molar-refractivity contribution in [2.75, 3.05) is 6.61 Å². The third kappa shape index (κ3) is 4.37. The molecule has 1 aliphatic carbocycles. The molecule has 7 rings (SSSR count). The van der Waals surface area contributed by atoms with Gasteiger partial charge in [-0.25, -0.2) is 8.42 Å². The van der Waals surface area contributed by atoms with Crippen LogP contribution in [0.15, 0.2) is 89.8 Å². The maximum atomic E-state index is 13.8. The summed E-state index contributed by atoms with van der Waals surface area (Å²) in [5.74, 6) is -1.05. The number of ether oxygens (including phenoxy) is 1. The number of hydrogen-bond acceptors (Lipinski definition) is 6. The molecule has 1 aliphatic heterocycles. The number of sulfonamides is 1. The topological polar surface area (TPSA) is 97.8 Å². The van der Waals surface area contributed by atoms with E-state index in [9.17, 15) is 22.8 Å². The summed E-state index contributed by atoms with van der Waals surface area (Å²) in [5.41, 5.74) is 3.86. The lowest BCUT2D eigenvalue weighted by Gasteiger charge is -2.34. The van der Waals surface area contributed by atoms with E-state index in [2.05, 4.69) is 0 Å². The van der Waals surface area contributed by atoms with Crippen molar-refractivity contribution in [3.05, 3.63) is 124 Å².